The molecular weight excluding hydrogens is 484 g/mol. The van der Waals surface area contributed by atoms with Gasteiger partial charge in [0, 0.05) is 36.4 Å². The lowest BCUT2D eigenvalue weighted by molar-refractivity contribution is -0.125. The van der Waals surface area contributed by atoms with Crippen LogP contribution in [0.5, 0.6) is 0 Å². The molecule has 2 aromatic carbocycles. The number of fused-ring (bicyclic) bond motifs is 3. The molecule has 1 fully saturated rings. The van der Waals surface area contributed by atoms with Gasteiger partial charge in [0.05, 0.1) is 27.8 Å². The number of nitrogens with two attached hydrogens (primary N) is 1. The lowest BCUT2D eigenvalue weighted by atomic mass is 9.70. The number of hydrogen-bond donors (Lipinski definition) is 1. The summed E-state index contributed by atoms with van der Waals surface area (Å²) in [7, 11) is 0. The van der Waals surface area contributed by atoms with Gasteiger partial charge in [-0.05, 0) is 29.3 Å². The van der Waals surface area contributed by atoms with Crippen LogP contribution in [0.15, 0.2) is 91.5 Å². The second-order valence-corrected chi connectivity index (χ2v) is 9.78. The standard InChI is InChI=1S/C29H21F2N7/c30-29(31)15-28(32,16-29)21-8-6-19(7-9-21)26-22(18-4-2-1-3-5-18)12-24-23(35-26)10-11-25-36-37-27(38(24)25)20-13-33-17-34-14-20/h1-14,17H,15-16,32H2. The second-order valence-electron chi connectivity index (χ2n) is 9.78. The number of aromatic nitrogens is 6. The minimum atomic E-state index is -2.70. The first kappa shape index (κ1) is 22.6. The quantitative estimate of drug-likeness (QED) is 0.333. The van der Waals surface area contributed by atoms with Gasteiger partial charge in [-0.15, -0.1) is 10.2 Å². The fraction of sp³-hybridized carbons (Fsp3) is 0.138. The molecule has 0 amide bonds. The van der Waals surface area contributed by atoms with Crippen LogP contribution >= 0.6 is 0 Å². The third-order valence-corrected chi connectivity index (χ3v) is 7.14. The summed E-state index contributed by atoms with van der Waals surface area (Å²) in [6.45, 7) is 0. The smallest absolute Gasteiger partial charge is 0.252 e. The highest BCUT2D eigenvalue weighted by Gasteiger charge is 2.55. The topological polar surface area (TPSA) is 94.9 Å². The summed E-state index contributed by atoms with van der Waals surface area (Å²) in [5.74, 6) is -2.08. The van der Waals surface area contributed by atoms with Crippen LogP contribution in [-0.4, -0.2) is 35.5 Å². The Morgan fingerprint density at radius 1 is 0.789 bits per heavy atom. The van der Waals surface area contributed by atoms with Crippen LogP contribution in [0.1, 0.15) is 18.4 Å². The molecule has 0 aliphatic heterocycles. The van der Waals surface area contributed by atoms with Crippen molar-refractivity contribution in [2.45, 2.75) is 24.3 Å². The summed E-state index contributed by atoms with van der Waals surface area (Å²) < 4.78 is 29.1. The van der Waals surface area contributed by atoms with E-state index in [1.54, 1.807) is 12.4 Å². The Labute approximate surface area is 216 Å². The normalized spacial score (nSPS) is 16.0. The Kier molecular flexibility index (Phi) is 4.86. The molecule has 0 bridgehead atoms. The third kappa shape index (κ3) is 3.62. The largest absolute Gasteiger partial charge is 0.321 e. The maximum atomic E-state index is 13.6. The molecule has 9 heteroatoms. The van der Waals surface area contributed by atoms with E-state index in [4.69, 9.17) is 10.7 Å². The molecule has 0 unspecified atom stereocenters. The Balaban J connectivity index is 1.42. The van der Waals surface area contributed by atoms with E-state index in [1.807, 2.05) is 71.1 Å². The average Bonchev–Trinajstić information content (AvgIpc) is 3.37. The molecule has 7 nitrogen and oxygen atoms in total. The van der Waals surface area contributed by atoms with Gasteiger partial charge < -0.3 is 5.73 Å². The molecule has 0 spiro atoms. The van der Waals surface area contributed by atoms with Crippen molar-refractivity contribution in [3.05, 3.63) is 97.1 Å². The number of nitrogens with zero attached hydrogens (tertiary/aromatic N) is 6. The van der Waals surface area contributed by atoms with Crippen molar-refractivity contribution >= 4 is 16.7 Å². The Bertz CT molecular complexity index is 1790. The predicted octanol–water partition coefficient (Wildman–Crippen LogP) is 5.65. The molecular formula is C29H21F2N7. The van der Waals surface area contributed by atoms with Gasteiger partial charge in [-0.1, -0.05) is 54.6 Å². The summed E-state index contributed by atoms with van der Waals surface area (Å²) in [5, 5.41) is 8.74. The van der Waals surface area contributed by atoms with E-state index in [9.17, 15) is 8.78 Å². The zero-order chi connectivity index (χ0) is 25.9. The summed E-state index contributed by atoms with van der Waals surface area (Å²) in [4.78, 5) is 13.3. The number of halogens is 2. The predicted molar refractivity (Wildman–Crippen MR) is 140 cm³/mol. The van der Waals surface area contributed by atoms with Crippen LogP contribution in [0.2, 0.25) is 0 Å². The van der Waals surface area contributed by atoms with Gasteiger partial charge in [-0.3, -0.25) is 4.40 Å². The molecule has 1 aliphatic carbocycles. The Morgan fingerprint density at radius 3 is 2.24 bits per heavy atom. The van der Waals surface area contributed by atoms with Crippen molar-refractivity contribution in [3.63, 3.8) is 0 Å². The maximum absolute atomic E-state index is 13.6. The molecule has 7 rings (SSSR count). The summed E-state index contributed by atoms with van der Waals surface area (Å²) in [5.41, 5.74) is 12.5. The van der Waals surface area contributed by atoms with Gasteiger partial charge >= 0.3 is 0 Å². The minimum absolute atomic E-state index is 0.341. The summed E-state index contributed by atoms with van der Waals surface area (Å²) in [6, 6.07) is 23.4. The van der Waals surface area contributed by atoms with Gasteiger partial charge in [0.25, 0.3) is 5.92 Å². The first-order valence-electron chi connectivity index (χ1n) is 12.2. The second kappa shape index (κ2) is 8.19. The lowest BCUT2D eigenvalue weighted by Gasteiger charge is -2.44. The number of alkyl halides is 2. The third-order valence-electron chi connectivity index (χ3n) is 7.14. The zero-order valence-electron chi connectivity index (χ0n) is 20.1. The molecule has 4 aromatic heterocycles. The van der Waals surface area contributed by atoms with Crippen LogP contribution in [0, 0.1) is 0 Å². The van der Waals surface area contributed by atoms with E-state index in [0.29, 0.717) is 17.0 Å². The number of benzene rings is 2. The molecule has 2 N–H and O–H groups in total. The maximum Gasteiger partial charge on any atom is 0.252 e. The van der Waals surface area contributed by atoms with Crippen molar-refractivity contribution < 1.29 is 8.78 Å². The van der Waals surface area contributed by atoms with Crippen molar-refractivity contribution in [2.75, 3.05) is 0 Å². The number of rotatable bonds is 4. The van der Waals surface area contributed by atoms with E-state index < -0.39 is 11.5 Å². The minimum Gasteiger partial charge on any atom is -0.321 e. The fourth-order valence-corrected chi connectivity index (χ4v) is 5.31. The number of pyridine rings is 2. The molecule has 0 saturated heterocycles. The van der Waals surface area contributed by atoms with Crippen LogP contribution < -0.4 is 5.73 Å². The highest BCUT2D eigenvalue weighted by molar-refractivity contribution is 5.92. The Morgan fingerprint density at radius 2 is 1.53 bits per heavy atom. The monoisotopic (exact) mass is 505 g/mol. The highest BCUT2D eigenvalue weighted by atomic mass is 19.3. The van der Waals surface area contributed by atoms with Crippen LogP contribution in [0.3, 0.4) is 0 Å². The van der Waals surface area contributed by atoms with Crippen LogP contribution in [0.25, 0.3) is 50.5 Å². The average molecular weight is 506 g/mol. The molecule has 0 atom stereocenters. The van der Waals surface area contributed by atoms with E-state index in [0.717, 1.165) is 39.0 Å². The van der Waals surface area contributed by atoms with Gasteiger partial charge in [0.2, 0.25) is 0 Å². The molecule has 38 heavy (non-hydrogen) atoms. The van der Waals surface area contributed by atoms with Gasteiger partial charge in [0.15, 0.2) is 11.5 Å². The van der Waals surface area contributed by atoms with Crippen molar-refractivity contribution in [1.82, 2.24) is 29.5 Å². The molecule has 6 aromatic rings. The zero-order valence-corrected chi connectivity index (χ0v) is 20.1. The SMILES string of the molecule is NC1(c2ccc(-c3nc4ccc5nnc(-c6cncnc6)n5c4cc3-c3ccccc3)cc2)CC(F)(F)C1. The Hall–Kier alpha value is -4.63. The molecule has 4 heterocycles. The first-order chi connectivity index (χ1) is 18.4. The van der Waals surface area contributed by atoms with Crippen LogP contribution in [-0.2, 0) is 5.54 Å². The fourth-order valence-electron chi connectivity index (χ4n) is 5.31. The van der Waals surface area contributed by atoms with E-state index in [1.165, 1.54) is 6.33 Å². The summed E-state index contributed by atoms with van der Waals surface area (Å²) >= 11 is 0. The van der Waals surface area contributed by atoms with Gasteiger partial charge in [0.1, 0.15) is 6.33 Å². The lowest BCUT2D eigenvalue weighted by Crippen LogP contribution is -2.55. The molecule has 0 radical (unpaired) electrons. The van der Waals surface area contributed by atoms with E-state index in [2.05, 4.69) is 26.2 Å². The van der Waals surface area contributed by atoms with E-state index in [-0.39, 0.29) is 12.8 Å². The highest BCUT2D eigenvalue weighted by Crippen LogP contribution is 2.50. The van der Waals surface area contributed by atoms with Crippen molar-refractivity contribution in [1.29, 1.82) is 0 Å². The first-order valence-corrected chi connectivity index (χ1v) is 12.2. The van der Waals surface area contributed by atoms with Crippen molar-refractivity contribution in [3.8, 4) is 33.8 Å². The molecule has 1 aliphatic rings. The number of hydrogen-bond acceptors (Lipinski definition) is 6. The summed E-state index contributed by atoms with van der Waals surface area (Å²) in [6.07, 6.45) is 4.19. The van der Waals surface area contributed by atoms with Gasteiger partial charge in [-0.2, -0.15) is 0 Å². The van der Waals surface area contributed by atoms with Gasteiger partial charge in [-0.25, -0.2) is 23.7 Å². The van der Waals surface area contributed by atoms with E-state index >= 15 is 0 Å². The van der Waals surface area contributed by atoms with Crippen molar-refractivity contribution in [2.24, 2.45) is 5.73 Å². The van der Waals surface area contributed by atoms with Crippen LogP contribution in [0.4, 0.5) is 8.78 Å². The molecule has 186 valence electrons. The molecule has 1 saturated carbocycles.